The van der Waals surface area contributed by atoms with Crippen molar-refractivity contribution >= 4 is 33.3 Å². The zero-order valence-corrected chi connectivity index (χ0v) is 16.5. The average molecular weight is 417 g/mol. The molecular weight excluding hydrogens is 402 g/mol. The van der Waals surface area contributed by atoms with Crippen LogP contribution in [0, 0.1) is 17.0 Å². The van der Waals surface area contributed by atoms with Gasteiger partial charge in [0, 0.05) is 19.2 Å². The minimum absolute atomic E-state index is 0.0567. The van der Waals surface area contributed by atoms with E-state index < -0.39 is 4.92 Å². The summed E-state index contributed by atoms with van der Waals surface area (Å²) >= 11 is 0. The van der Waals surface area contributed by atoms with Crippen LogP contribution < -0.4 is 11.1 Å². The Hall–Kier alpha value is -4.41. The second-order valence-corrected chi connectivity index (χ2v) is 7.27. The van der Waals surface area contributed by atoms with E-state index in [1.54, 1.807) is 17.5 Å². The summed E-state index contributed by atoms with van der Waals surface area (Å²) in [4.78, 5) is 40.3. The lowest BCUT2D eigenvalue weighted by Crippen LogP contribution is -2.23. The number of non-ortho nitro benzene ring substituents is 1. The molecule has 154 valence electrons. The smallest absolute Gasteiger partial charge is 0.271 e. The predicted molar refractivity (Wildman–Crippen MR) is 112 cm³/mol. The number of fused-ring (bicyclic) bond motifs is 4. The Bertz CT molecular complexity index is 1660. The number of hydrogen-bond donors (Lipinski definition) is 0. The van der Waals surface area contributed by atoms with Crippen molar-refractivity contribution in [2.45, 2.75) is 13.5 Å². The predicted octanol–water partition coefficient (Wildman–Crippen LogP) is 1.56. The highest BCUT2D eigenvalue weighted by atomic mass is 16.6. The van der Waals surface area contributed by atoms with Crippen LogP contribution in [-0.4, -0.2) is 33.6 Å². The number of aryl methyl sites for hydroxylation is 2. The Kier molecular flexibility index (Phi) is 3.93. The van der Waals surface area contributed by atoms with Gasteiger partial charge in [-0.1, -0.05) is 11.6 Å². The van der Waals surface area contributed by atoms with Crippen molar-refractivity contribution in [1.29, 1.82) is 0 Å². The van der Waals surface area contributed by atoms with Crippen molar-refractivity contribution in [2.24, 2.45) is 7.05 Å². The van der Waals surface area contributed by atoms with Gasteiger partial charge in [-0.3, -0.25) is 33.2 Å². The lowest BCUT2D eigenvalue weighted by molar-refractivity contribution is -0.384. The molecule has 0 aliphatic heterocycles. The van der Waals surface area contributed by atoms with Crippen LogP contribution >= 0.6 is 0 Å². The molecule has 0 aliphatic rings. The largest absolute Gasteiger partial charge is 0.291 e. The van der Waals surface area contributed by atoms with Gasteiger partial charge in [0.05, 0.1) is 39.6 Å². The molecular formula is C20H15N7O4. The summed E-state index contributed by atoms with van der Waals surface area (Å²) in [6, 6.07) is 9.45. The van der Waals surface area contributed by atoms with E-state index in [9.17, 15) is 19.7 Å². The minimum Gasteiger partial charge on any atom is -0.291 e. The van der Waals surface area contributed by atoms with Crippen molar-refractivity contribution in [3.63, 3.8) is 0 Å². The number of hydrogen-bond acceptors (Lipinski definition) is 7. The summed E-state index contributed by atoms with van der Waals surface area (Å²) in [5.74, 6) is 0.804. The van der Waals surface area contributed by atoms with Gasteiger partial charge in [-0.2, -0.15) is 0 Å². The molecule has 0 saturated carbocycles. The Morgan fingerprint density at radius 1 is 1.03 bits per heavy atom. The molecule has 31 heavy (non-hydrogen) atoms. The molecule has 11 heteroatoms. The molecule has 0 saturated heterocycles. The van der Waals surface area contributed by atoms with Gasteiger partial charge < -0.3 is 0 Å². The van der Waals surface area contributed by atoms with Gasteiger partial charge in [-0.05, 0) is 25.1 Å². The van der Waals surface area contributed by atoms with Crippen LogP contribution in [0.25, 0.3) is 27.6 Å². The maximum Gasteiger partial charge on any atom is 0.271 e. The van der Waals surface area contributed by atoms with Crippen LogP contribution in [0.4, 0.5) is 5.69 Å². The standard InChI is InChI=1S/C20H15N7O4/c1-11-3-6-16-14(7-11)18(28)24(2)20-23-22-17(26(16)20)9-25-10-21-15-8-12(27(30)31)4-5-13(15)19(25)29/h3-8,10H,9H2,1-2H3. The number of nitro groups is 1. The molecule has 5 aromatic rings. The second-order valence-electron chi connectivity index (χ2n) is 7.27. The summed E-state index contributed by atoms with van der Waals surface area (Å²) in [5, 5.41) is 20.1. The molecule has 0 fully saturated rings. The minimum atomic E-state index is -0.536. The first-order valence-corrected chi connectivity index (χ1v) is 9.32. The Morgan fingerprint density at radius 2 is 1.84 bits per heavy atom. The highest BCUT2D eigenvalue weighted by molar-refractivity contribution is 5.81. The third-order valence-electron chi connectivity index (χ3n) is 5.27. The fourth-order valence-corrected chi connectivity index (χ4v) is 3.69. The number of benzene rings is 2. The maximum atomic E-state index is 12.9. The third kappa shape index (κ3) is 2.78. The van der Waals surface area contributed by atoms with Crippen LogP contribution in [0.1, 0.15) is 11.4 Å². The number of rotatable bonds is 3. The van der Waals surface area contributed by atoms with Crippen molar-refractivity contribution in [1.82, 2.24) is 28.7 Å². The molecule has 0 radical (unpaired) electrons. The van der Waals surface area contributed by atoms with E-state index in [2.05, 4.69) is 15.2 Å². The van der Waals surface area contributed by atoms with Crippen molar-refractivity contribution in [3.05, 3.63) is 84.9 Å². The summed E-state index contributed by atoms with van der Waals surface area (Å²) < 4.78 is 4.51. The average Bonchev–Trinajstić information content (AvgIpc) is 3.17. The van der Waals surface area contributed by atoms with Gasteiger partial charge >= 0.3 is 0 Å². The number of nitro benzene ring substituents is 1. The zero-order chi connectivity index (χ0) is 21.9. The molecule has 11 nitrogen and oxygen atoms in total. The maximum absolute atomic E-state index is 12.9. The van der Waals surface area contributed by atoms with Crippen LogP contribution in [0.15, 0.2) is 52.3 Å². The van der Waals surface area contributed by atoms with Crippen molar-refractivity contribution in [2.75, 3.05) is 0 Å². The molecule has 3 heterocycles. The summed E-state index contributed by atoms with van der Waals surface area (Å²) in [5.41, 5.74) is 1.15. The zero-order valence-electron chi connectivity index (χ0n) is 16.5. The van der Waals surface area contributed by atoms with E-state index in [0.717, 1.165) is 5.56 Å². The van der Waals surface area contributed by atoms with E-state index in [4.69, 9.17) is 0 Å². The van der Waals surface area contributed by atoms with Crippen molar-refractivity contribution in [3.8, 4) is 0 Å². The molecule has 2 aromatic carbocycles. The molecule has 0 spiro atoms. The second kappa shape index (κ2) is 6.55. The van der Waals surface area contributed by atoms with Gasteiger partial charge in [-0.15, -0.1) is 10.2 Å². The van der Waals surface area contributed by atoms with Crippen LogP contribution in [0.5, 0.6) is 0 Å². The van der Waals surface area contributed by atoms with Gasteiger partial charge in [-0.25, -0.2) is 4.98 Å². The third-order valence-corrected chi connectivity index (χ3v) is 5.27. The molecule has 0 bridgehead atoms. The van der Waals surface area contributed by atoms with Crippen LogP contribution in [0.2, 0.25) is 0 Å². The highest BCUT2D eigenvalue weighted by Crippen LogP contribution is 2.18. The van der Waals surface area contributed by atoms with E-state index in [-0.39, 0.29) is 34.3 Å². The van der Waals surface area contributed by atoms with Gasteiger partial charge in [0.1, 0.15) is 0 Å². The Labute approximate surface area is 173 Å². The molecule has 0 amide bonds. The number of aromatic nitrogens is 6. The fraction of sp³-hybridized carbons (Fsp3) is 0.150. The molecule has 5 rings (SSSR count). The molecule has 0 unspecified atom stereocenters. The Morgan fingerprint density at radius 3 is 2.61 bits per heavy atom. The quantitative estimate of drug-likeness (QED) is 0.322. The van der Waals surface area contributed by atoms with Gasteiger partial charge in [0.25, 0.3) is 16.8 Å². The first kappa shape index (κ1) is 18.6. The van der Waals surface area contributed by atoms with E-state index in [1.807, 2.05) is 19.1 Å². The van der Waals surface area contributed by atoms with E-state index in [0.29, 0.717) is 22.5 Å². The molecule has 0 N–H and O–H groups in total. The number of nitrogens with zero attached hydrogens (tertiary/aromatic N) is 7. The first-order chi connectivity index (χ1) is 14.8. The molecule has 0 atom stereocenters. The SMILES string of the molecule is Cc1ccc2c(c1)c(=O)n(C)c1nnc(Cn3cnc4cc([N+](=O)[O-])ccc4c3=O)n21. The molecule has 0 aliphatic carbocycles. The molecule has 3 aromatic heterocycles. The van der Waals surface area contributed by atoms with E-state index in [1.165, 1.54) is 33.7 Å². The monoisotopic (exact) mass is 417 g/mol. The summed E-state index contributed by atoms with van der Waals surface area (Å²) in [6.45, 7) is 1.96. The fourth-order valence-electron chi connectivity index (χ4n) is 3.69. The van der Waals surface area contributed by atoms with Crippen molar-refractivity contribution < 1.29 is 4.92 Å². The first-order valence-electron chi connectivity index (χ1n) is 9.32. The summed E-state index contributed by atoms with van der Waals surface area (Å²) in [7, 11) is 1.62. The normalized spacial score (nSPS) is 11.5. The van der Waals surface area contributed by atoms with Gasteiger partial charge in [0.15, 0.2) is 5.82 Å². The summed E-state index contributed by atoms with van der Waals surface area (Å²) in [6.07, 6.45) is 1.32. The van der Waals surface area contributed by atoms with Crippen LogP contribution in [-0.2, 0) is 13.6 Å². The topological polar surface area (TPSA) is 130 Å². The highest BCUT2D eigenvalue weighted by Gasteiger charge is 2.17. The van der Waals surface area contributed by atoms with E-state index >= 15 is 0 Å². The van der Waals surface area contributed by atoms with Crippen LogP contribution in [0.3, 0.4) is 0 Å². The Balaban J connectivity index is 1.70. The lowest BCUT2D eigenvalue weighted by Gasteiger charge is -2.10. The van der Waals surface area contributed by atoms with Gasteiger partial charge in [0.2, 0.25) is 5.78 Å². The lowest BCUT2D eigenvalue weighted by atomic mass is 10.1.